The van der Waals surface area contributed by atoms with Crippen LogP contribution < -0.4 is 9.47 Å². The second kappa shape index (κ2) is 8.31. The van der Waals surface area contributed by atoms with Crippen LogP contribution in [0.5, 0.6) is 11.5 Å². The van der Waals surface area contributed by atoms with Gasteiger partial charge in [-0.3, -0.25) is 0 Å². The van der Waals surface area contributed by atoms with Crippen LogP contribution in [-0.4, -0.2) is 22.7 Å². The van der Waals surface area contributed by atoms with Gasteiger partial charge in [-0.15, -0.1) is 0 Å². The molecule has 1 aliphatic carbocycles. The van der Waals surface area contributed by atoms with E-state index in [9.17, 15) is 9.18 Å². The Bertz CT molecular complexity index is 1020. The highest BCUT2D eigenvalue weighted by Crippen LogP contribution is 2.31. The lowest BCUT2D eigenvalue weighted by Gasteiger charge is -2.10. The zero-order chi connectivity index (χ0) is 20.2. The Kier molecular flexibility index (Phi) is 5.42. The number of ether oxygens (including phenoxy) is 2. The molecule has 0 amide bonds. The highest BCUT2D eigenvalue weighted by Gasteiger charge is 2.22. The van der Waals surface area contributed by atoms with Crippen molar-refractivity contribution in [1.29, 1.82) is 0 Å². The van der Waals surface area contributed by atoms with Gasteiger partial charge in [0.15, 0.2) is 5.82 Å². The summed E-state index contributed by atoms with van der Waals surface area (Å²) in [6, 6.07) is 14.9. The fourth-order valence-electron chi connectivity index (χ4n) is 2.85. The van der Waals surface area contributed by atoms with Crippen LogP contribution in [0.1, 0.15) is 28.8 Å². The van der Waals surface area contributed by atoms with E-state index in [0.29, 0.717) is 29.6 Å². The Morgan fingerprint density at radius 1 is 1.07 bits per heavy atom. The third-order valence-corrected chi connectivity index (χ3v) is 4.71. The molecule has 0 radical (unpaired) electrons. The van der Waals surface area contributed by atoms with Gasteiger partial charge in [0.25, 0.3) is 0 Å². The molecule has 5 nitrogen and oxygen atoms in total. The second-order valence-corrected chi connectivity index (χ2v) is 7.07. The smallest absolute Gasteiger partial charge is 0.335 e. The average molecular weight is 393 g/mol. The minimum atomic E-state index is -0.969. The molecule has 29 heavy (non-hydrogen) atoms. The molecule has 0 spiro atoms. The van der Waals surface area contributed by atoms with Gasteiger partial charge >= 0.3 is 5.97 Å². The van der Waals surface area contributed by atoms with Crippen molar-refractivity contribution in [2.75, 3.05) is 6.61 Å². The Morgan fingerprint density at radius 3 is 2.55 bits per heavy atom. The fourth-order valence-corrected chi connectivity index (χ4v) is 2.85. The van der Waals surface area contributed by atoms with Gasteiger partial charge in [-0.25, -0.2) is 14.2 Å². The van der Waals surface area contributed by atoms with Gasteiger partial charge in [-0.1, -0.05) is 24.3 Å². The molecule has 0 unspecified atom stereocenters. The molecular formula is C23H20FNO4. The third kappa shape index (κ3) is 4.90. The number of nitrogens with zero attached hydrogens (tertiary/aromatic N) is 1. The number of aromatic nitrogens is 1. The van der Waals surface area contributed by atoms with Crippen molar-refractivity contribution in [1.82, 2.24) is 4.98 Å². The maximum absolute atomic E-state index is 14.5. The largest absolute Gasteiger partial charge is 0.492 e. The van der Waals surface area contributed by atoms with Gasteiger partial charge in [-0.2, -0.15) is 0 Å². The van der Waals surface area contributed by atoms with Crippen molar-refractivity contribution >= 4 is 5.97 Å². The highest BCUT2D eigenvalue weighted by atomic mass is 19.1. The molecule has 1 N–H and O–H groups in total. The van der Waals surface area contributed by atoms with E-state index in [1.54, 1.807) is 42.6 Å². The minimum Gasteiger partial charge on any atom is -0.492 e. The van der Waals surface area contributed by atoms with Crippen molar-refractivity contribution in [3.63, 3.8) is 0 Å². The summed E-state index contributed by atoms with van der Waals surface area (Å²) >= 11 is 0. The van der Waals surface area contributed by atoms with Crippen molar-refractivity contribution in [2.45, 2.75) is 19.4 Å². The van der Waals surface area contributed by atoms with Crippen LogP contribution in [-0.2, 0) is 6.61 Å². The van der Waals surface area contributed by atoms with E-state index < -0.39 is 11.8 Å². The first-order valence-corrected chi connectivity index (χ1v) is 9.42. The lowest BCUT2D eigenvalue weighted by atomic mass is 10.1. The standard InChI is InChI=1S/C23H20FNO4/c24-21-11-20(29-14-15-4-5-15)12-25-22(21)18-2-1-3-19(10-18)28-13-16-6-8-17(9-7-16)23(26)27/h1-3,6-12,15H,4-5,13-14H2,(H,26,27). The van der Waals surface area contributed by atoms with Gasteiger partial charge in [0, 0.05) is 11.6 Å². The zero-order valence-electron chi connectivity index (χ0n) is 15.7. The van der Waals surface area contributed by atoms with Gasteiger partial charge in [0.2, 0.25) is 0 Å². The van der Waals surface area contributed by atoms with Crippen LogP contribution in [0.25, 0.3) is 11.3 Å². The number of hydrogen-bond acceptors (Lipinski definition) is 4. The molecule has 6 heteroatoms. The topological polar surface area (TPSA) is 68.7 Å². The van der Waals surface area contributed by atoms with Gasteiger partial charge in [0.05, 0.1) is 18.4 Å². The van der Waals surface area contributed by atoms with Crippen molar-refractivity contribution in [3.8, 4) is 22.8 Å². The Balaban J connectivity index is 1.43. The predicted molar refractivity (Wildman–Crippen MR) is 106 cm³/mol. The zero-order valence-corrected chi connectivity index (χ0v) is 15.7. The molecule has 3 aromatic rings. The number of aromatic carboxylic acids is 1. The van der Waals surface area contributed by atoms with Crippen LogP contribution in [0, 0.1) is 11.7 Å². The van der Waals surface area contributed by atoms with E-state index in [1.165, 1.54) is 31.0 Å². The minimum absolute atomic E-state index is 0.224. The molecule has 1 aromatic heterocycles. The highest BCUT2D eigenvalue weighted by molar-refractivity contribution is 5.87. The normalized spacial score (nSPS) is 13.1. The van der Waals surface area contributed by atoms with Crippen LogP contribution >= 0.6 is 0 Å². The van der Waals surface area contributed by atoms with Crippen LogP contribution in [0.15, 0.2) is 60.8 Å². The first kappa shape index (κ1) is 18.9. The summed E-state index contributed by atoms with van der Waals surface area (Å²) in [7, 11) is 0. The predicted octanol–water partition coefficient (Wildman–Crippen LogP) is 4.95. The van der Waals surface area contributed by atoms with E-state index in [0.717, 1.165) is 5.56 Å². The molecule has 0 aliphatic heterocycles. The van der Waals surface area contributed by atoms with Crippen molar-refractivity contribution in [2.24, 2.45) is 5.92 Å². The van der Waals surface area contributed by atoms with Crippen molar-refractivity contribution in [3.05, 3.63) is 77.7 Å². The second-order valence-electron chi connectivity index (χ2n) is 7.07. The number of benzene rings is 2. The first-order chi connectivity index (χ1) is 14.1. The van der Waals surface area contributed by atoms with E-state index >= 15 is 0 Å². The number of carbonyl (C=O) groups is 1. The molecule has 0 bridgehead atoms. The maximum atomic E-state index is 14.5. The molecule has 2 aromatic carbocycles. The Labute approximate surface area is 167 Å². The maximum Gasteiger partial charge on any atom is 0.335 e. The summed E-state index contributed by atoms with van der Waals surface area (Å²) in [5.74, 6) is 0.186. The summed E-state index contributed by atoms with van der Waals surface area (Å²) in [5.41, 5.74) is 1.90. The number of carboxylic acids is 1. The van der Waals surface area contributed by atoms with Gasteiger partial charge in [-0.05, 0) is 48.6 Å². The van der Waals surface area contributed by atoms with Crippen LogP contribution in [0.2, 0.25) is 0 Å². The van der Waals surface area contributed by atoms with Crippen LogP contribution in [0.4, 0.5) is 4.39 Å². The molecule has 148 valence electrons. The summed E-state index contributed by atoms with van der Waals surface area (Å²) in [6.07, 6.45) is 3.88. The number of pyridine rings is 1. The number of rotatable bonds is 8. The monoisotopic (exact) mass is 393 g/mol. The molecule has 0 saturated heterocycles. The molecule has 0 atom stereocenters. The first-order valence-electron chi connectivity index (χ1n) is 9.42. The molecule has 1 fully saturated rings. The SMILES string of the molecule is O=C(O)c1ccc(COc2cccc(-c3ncc(OCC4CC4)cc3F)c2)cc1. The van der Waals surface area contributed by atoms with Crippen LogP contribution in [0.3, 0.4) is 0 Å². The summed E-state index contributed by atoms with van der Waals surface area (Å²) in [5, 5.41) is 8.94. The quantitative estimate of drug-likeness (QED) is 0.586. The number of halogens is 1. The molecule has 1 aliphatic rings. The van der Waals surface area contributed by atoms with E-state index in [-0.39, 0.29) is 17.9 Å². The van der Waals surface area contributed by atoms with Crippen molar-refractivity contribution < 1.29 is 23.8 Å². The number of carboxylic acid groups (broad SMARTS) is 1. The van der Waals surface area contributed by atoms with Gasteiger partial charge in [0.1, 0.15) is 23.8 Å². The molecule has 1 saturated carbocycles. The summed E-state index contributed by atoms with van der Waals surface area (Å²) in [4.78, 5) is 15.1. The summed E-state index contributed by atoms with van der Waals surface area (Å²) < 4.78 is 25.9. The van der Waals surface area contributed by atoms with E-state index in [2.05, 4.69) is 4.98 Å². The molecule has 4 rings (SSSR count). The van der Waals surface area contributed by atoms with Gasteiger partial charge < -0.3 is 14.6 Å². The lowest BCUT2D eigenvalue weighted by molar-refractivity contribution is 0.0697. The van der Waals surface area contributed by atoms with E-state index in [4.69, 9.17) is 14.6 Å². The third-order valence-electron chi connectivity index (χ3n) is 4.71. The summed E-state index contributed by atoms with van der Waals surface area (Å²) in [6.45, 7) is 0.879. The Morgan fingerprint density at radius 2 is 1.86 bits per heavy atom. The number of hydrogen-bond donors (Lipinski definition) is 1. The molecular weight excluding hydrogens is 373 g/mol. The average Bonchev–Trinajstić information content (AvgIpc) is 3.56. The molecule has 1 heterocycles. The Hall–Kier alpha value is -3.41. The van der Waals surface area contributed by atoms with E-state index in [1.807, 2.05) is 0 Å². The fraction of sp³-hybridized carbons (Fsp3) is 0.217. The lowest BCUT2D eigenvalue weighted by Crippen LogP contribution is -2.01.